The van der Waals surface area contributed by atoms with Crippen LogP contribution >= 0.6 is 0 Å². The van der Waals surface area contributed by atoms with Gasteiger partial charge in [-0.3, -0.25) is 4.55 Å². The summed E-state index contributed by atoms with van der Waals surface area (Å²) in [6.07, 6.45) is 6.44. The van der Waals surface area contributed by atoms with E-state index in [1.54, 1.807) is 6.92 Å². The van der Waals surface area contributed by atoms with Gasteiger partial charge < -0.3 is 0 Å². The standard InChI is InChI=1S/C17H28O3S.Na/c1-13(2)9-7-5-6-8-10-16-12-11-14(3)15(4)17(16)21(18,19)20;/h11-13H,5-10H2,1-4H3,(H,18,19,20);. The third-order valence-corrected chi connectivity index (χ3v) is 5.08. The molecule has 0 fully saturated rings. The van der Waals surface area contributed by atoms with Gasteiger partial charge in [-0.1, -0.05) is 51.7 Å². The van der Waals surface area contributed by atoms with Crippen molar-refractivity contribution in [1.82, 2.24) is 0 Å². The number of benzene rings is 1. The molecule has 0 aliphatic carbocycles. The Kier molecular flexibility index (Phi) is 10.1. The van der Waals surface area contributed by atoms with Crippen molar-refractivity contribution < 1.29 is 13.0 Å². The molecule has 22 heavy (non-hydrogen) atoms. The maximum atomic E-state index is 11.6. The van der Waals surface area contributed by atoms with E-state index in [0.717, 1.165) is 29.9 Å². The van der Waals surface area contributed by atoms with Crippen LogP contribution in [0.5, 0.6) is 0 Å². The average Bonchev–Trinajstić information content (AvgIpc) is 2.35. The predicted octanol–water partition coefficient (Wildman–Crippen LogP) is 4.32. The van der Waals surface area contributed by atoms with Gasteiger partial charge in [0.25, 0.3) is 10.1 Å². The van der Waals surface area contributed by atoms with Crippen molar-refractivity contribution in [2.45, 2.75) is 71.1 Å². The molecule has 1 rings (SSSR count). The zero-order valence-corrected chi connectivity index (χ0v) is 17.5. The first kappa shape index (κ1) is 22.1. The molecule has 0 bridgehead atoms. The van der Waals surface area contributed by atoms with Crippen LogP contribution < -0.4 is 0 Å². The summed E-state index contributed by atoms with van der Waals surface area (Å²) >= 11 is 0. The largest absolute Gasteiger partial charge is 0.295 e. The summed E-state index contributed by atoms with van der Waals surface area (Å²) in [6, 6.07) is 3.76. The molecule has 5 heteroatoms. The van der Waals surface area contributed by atoms with E-state index in [9.17, 15) is 13.0 Å². The van der Waals surface area contributed by atoms with Crippen LogP contribution in [0, 0.1) is 19.8 Å². The van der Waals surface area contributed by atoms with Gasteiger partial charge in [0, 0.05) is 29.6 Å². The Labute approximate surface area is 157 Å². The minimum Gasteiger partial charge on any atom is -0.282 e. The molecular formula is C17H28NaO3S. The topological polar surface area (TPSA) is 54.4 Å². The van der Waals surface area contributed by atoms with Crippen LogP contribution in [0.3, 0.4) is 0 Å². The molecule has 1 radical (unpaired) electrons. The summed E-state index contributed by atoms with van der Waals surface area (Å²) < 4.78 is 32.6. The third kappa shape index (κ3) is 7.14. The average molecular weight is 335 g/mol. The van der Waals surface area contributed by atoms with Gasteiger partial charge in [-0.05, 0) is 49.3 Å². The molecule has 0 saturated heterocycles. The monoisotopic (exact) mass is 335 g/mol. The molecule has 0 aromatic heterocycles. The fourth-order valence-electron chi connectivity index (χ4n) is 2.62. The quantitative estimate of drug-likeness (QED) is 0.437. The normalized spacial score (nSPS) is 11.5. The van der Waals surface area contributed by atoms with Crippen molar-refractivity contribution in [2.24, 2.45) is 5.92 Å². The molecule has 121 valence electrons. The SMILES string of the molecule is Cc1ccc(CCCCCCC(C)C)c(S(=O)(=O)O)c1C.[Na]. The molecule has 1 N–H and O–H groups in total. The molecule has 3 nitrogen and oxygen atoms in total. The summed E-state index contributed by atoms with van der Waals surface area (Å²) in [4.78, 5) is 0.115. The van der Waals surface area contributed by atoms with E-state index in [0.29, 0.717) is 12.0 Å². The Morgan fingerprint density at radius 1 is 1.05 bits per heavy atom. The Balaban J connectivity index is 0.00000441. The summed E-state index contributed by atoms with van der Waals surface area (Å²) in [5.41, 5.74) is 2.29. The Morgan fingerprint density at radius 2 is 1.64 bits per heavy atom. The number of hydrogen-bond acceptors (Lipinski definition) is 2. The molecule has 0 aliphatic heterocycles. The van der Waals surface area contributed by atoms with Crippen LogP contribution in [0.2, 0.25) is 0 Å². The van der Waals surface area contributed by atoms with E-state index < -0.39 is 10.1 Å². The van der Waals surface area contributed by atoms with Crippen LogP contribution in [0.15, 0.2) is 17.0 Å². The fourth-order valence-corrected chi connectivity index (χ4v) is 3.67. The Bertz CT molecular complexity index is 566. The van der Waals surface area contributed by atoms with Gasteiger partial charge in [0.05, 0.1) is 0 Å². The van der Waals surface area contributed by atoms with Crippen molar-refractivity contribution in [3.05, 3.63) is 28.8 Å². The van der Waals surface area contributed by atoms with E-state index in [1.807, 2.05) is 19.1 Å². The van der Waals surface area contributed by atoms with Gasteiger partial charge in [0.1, 0.15) is 4.90 Å². The zero-order valence-electron chi connectivity index (χ0n) is 14.6. The second-order valence-corrected chi connectivity index (χ2v) is 7.68. The number of aryl methyl sites for hydroxylation is 2. The second-order valence-electron chi connectivity index (χ2n) is 6.32. The van der Waals surface area contributed by atoms with Crippen LogP contribution in [0.4, 0.5) is 0 Å². The minimum atomic E-state index is -4.15. The number of rotatable bonds is 8. The third-order valence-electron chi connectivity index (χ3n) is 3.99. The van der Waals surface area contributed by atoms with Gasteiger partial charge in [0.15, 0.2) is 0 Å². The first-order valence-corrected chi connectivity index (χ1v) is 9.24. The molecule has 0 spiro atoms. The molecule has 0 saturated carbocycles. The molecule has 0 amide bonds. The van der Waals surface area contributed by atoms with Crippen molar-refractivity contribution in [1.29, 1.82) is 0 Å². The molecule has 1 aromatic rings. The van der Waals surface area contributed by atoms with Crippen molar-refractivity contribution >= 4 is 39.7 Å². The van der Waals surface area contributed by atoms with E-state index in [-0.39, 0.29) is 34.5 Å². The fraction of sp³-hybridized carbons (Fsp3) is 0.647. The summed E-state index contributed by atoms with van der Waals surface area (Å²) in [5, 5.41) is 0. The van der Waals surface area contributed by atoms with Gasteiger partial charge >= 0.3 is 0 Å². The van der Waals surface area contributed by atoms with Crippen LogP contribution in [-0.4, -0.2) is 42.5 Å². The summed E-state index contributed by atoms with van der Waals surface area (Å²) in [5.74, 6) is 0.746. The Morgan fingerprint density at radius 3 is 2.18 bits per heavy atom. The zero-order chi connectivity index (χ0) is 16.0. The van der Waals surface area contributed by atoms with Gasteiger partial charge in [0.2, 0.25) is 0 Å². The number of unbranched alkanes of at least 4 members (excludes halogenated alkanes) is 3. The first-order valence-electron chi connectivity index (χ1n) is 7.80. The maximum absolute atomic E-state index is 11.6. The molecule has 1 aromatic carbocycles. The van der Waals surface area contributed by atoms with Gasteiger partial charge in [-0.2, -0.15) is 8.42 Å². The van der Waals surface area contributed by atoms with Gasteiger partial charge in [-0.25, -0.2) is 0 Å². The molecule has 0 atom stereocenters. The van der Waals surface area contributed by atoms with Crippen molar-refractivity contribution in [2.75, 3.05) is 0 Å². The number of hydrogen-bond donors (Lipinski definition) is 1. The van der Waals surface area contributed by atoms with E-state index >= 15 is 0 Å². The molecular weight excluding hydrogens is 307 g/mol. The van der Waals surface area contributed by atoms with Crippen molar-refractivity contribution in [3.8, 4) is 0 Å². The first-order chi connectivity index (χ1) is 9.73. The summed E-state index contributed by atoms with van der Waals surface area (Å²) in [7, 11) is -4.15. The van der Waals surface area contributed by atoms with E-state index in [2.05, 4.69) is 13.8 Å². The molecule has 0 heterocycles. The van der Waals surface area contributed by atoms with Crippen molar-refractivity contribution in [3.63, 3.8) is 0 Å². The Hall–Kier alpha value is 0.130. The van der Waals surface area contributed by atoms with Crippen LogP contribution in [0.25, 0.3) is 0 Å². The van der Waals surface area contributed by atoms with Crippen LogP contribution in [-0.2, 0) is 16.5 Å². The molecule has 0 unspecified atom stereocenters. The van der Waals surface area contributed by atoms with Gasteiger partial charge in [-0.15, -0.1) is 0 Å². The summed E-state index contributed by atoms with van der Waals surface area (Å²) in [6.45, 7) is 8.07. The second kappa shape index (κ2) is 10.1. The molecule has 0 aliphatic rings. The van der Waals surface area contributed by atoms with E-state index in [4.69, 9.17) is 0 Å². The van der Waals surface area contributed by atoms with E-state index in [1.165, 1.54) is 19.3 Å². The minimum absolute atomic E-state index is 0. The van der Waals surface area contributed by atoms with Crippen LogP contribution in [0.1, 0.15) is 62.6 Å². The predicted molar refractivity (Wildman–Crippen MR) is 93.1 cm³/mol. The maximum Gasteiger partial charge on any atom is 0.295 e. The smallest absolute Gasteiger partial charge is 0.282 e.